The van der Waals surface area contributed by atoms with Crippen molar-refractivity contribution in [2.45, 2.75) is 19.3 Å². The second-order valence-electron chi connectivity index (χ2n) is 6.69. The molecule has 1 fully saturated rings. The number of hydrogen-bond acceptors (Lipinski definition) is 4. The molecule has 2 aromatic rings. The molecule has 8 heteroatoms. The minimum atomic E-state index is -0.505. The predicted molar refractivity (Wildman–Crippen MR) is 112 cm³/mol. The van der Waals surface area contributed by atoms with Gasteiger partial charge in [-0.2, -0.15) is 0 Å². The summed E-state index contributed by atoms with van der Waals surface area (Å²) in [5, 5.41) is 13.9. The van der Waals surface area contributed by atoms with Crippen molar-refractivity contribution in [2.75, 3.05) is 18.4 Å². The van der Waals surface area contributed by atoms with Crippen LogP contribution in [0.2, 0.25) is 5.02 Å². The first-order valence-corrected chi connectivity index (χ1v) is 9.65. The molecule has 29 heavy (non-hydrogen) atoms. The summed E-state index contributed by atoms with van der Waals surface area (Å²) >= 11 is 6.26. The lowest BCUT2D eigenvalue weighted by molar-refractivity contribution is -0.385. The van der Waals surface area contributed by atoms with Gasteiger partial charge in [0.1, 0.15) is 0 Å². The maximum Gasteiger partial charge on any atom is 0.276 e. The molecular weight excluding hydrogens is 394 g/mol. The van der Waals surface area contributed by atoms with Gasteiger partial charge < -0.3 is 10.2 Å². The molecule has 0 bridgehead atoms. The van der Waals surface area contributed by atoms with E-state index in [-0.39, 0.29) is 16.6 Å². The van der Waals surface area contributed by atoms with Gasteiger partial charge in [-0.05, 0) is 49.6 Å². The Morgan fingerprint density at radius 2 is 1.83 bits per heavy atom. The zero-order valence-electron chi connectivity index (χ0n) is 15.6. The molecule has 150 valence electrons. The number of rotatable bonds is 5. The third-order valence-electron chi connectivity index (χ3n) is 4.66. The lowest BCUT2D eigenvalue weighted by atomic mass is 10.1. The minimum absolute atomic E-state index is 0.0832. The van der Waals surface area contributed by atoms with Gasteiger partial charge in [0.15, 0.2) is 0 Å². The summed E-state index contributed by atoms with van der Waals surface area (Å²) in [5.41, 5.74) is 1.08. The Balaban J connectivity index is 1.67. The van der Waals surface area contributed by atoms with E-state index in [1.807, 2.05) is 0 Å². The number of nitro groups is 1. The van der Waals surface area contributed by atoms with Crippen molar-refractivity contribution >= 4 is 40.9 Å². The number of nitro benzene ring substituents is 1. The summed E-state index contributed by atoms with van der Waals surface area (Å²) in [4.78, 5) is 37.1. The Bertz CT molecular complexity index is 968. The van der Waals surface area contributed by atoms with E-state index in [2.05, 4.69) is 5.32 Å². The Morgan fingerprint density at radius 3 is 2.52 bits per heavy atom. The second-order valence-corrected chi connectivity index (χ2v) is 7.09. The molecule has 0 radical (unpaired) electrons. The first-order chi connectivity index (χ1) is 14.0. The van der Waals surface area contributed by atoms with Gasteiger partial charge in [0.2, 0.25) is 5.91 Å². The summed E-state index contributed by atoms with van der Waals surface area (Å²) in [6, 6.07) is 10.9. The van der Waals surface area contributed by atoms with Crippen molar-refractivity contribution in [3.05, 3.63) is 74.8 Å². The van der Waals surface area contributed by atoms with Crippen LogP contribution < -0.4 is 5.32 Å². The number of anilines is 1. The Morgan fingerprint density at radius 1 is 1.10 bits per heavy atom. The number of likely N-dealkylation sites (tertiary alicyclic amines) is 1. The van der Waals surface area contributed by atoms with E-state index in [1.165, 1.54) is 24.3 Å². The van der Waals surface area contributed by atoms with Crippen molar-refractivity contribution in [2.24, 2.45) is 0 Å². The molecular formula is C21H20ClN3O4. The number of nitrogens with one attached hydrogen (secondary N) is 1. The van der Waals surface area contributed by atoms with Gasteiger partial charge in [0.25, 0.3) is 11.6 Å². The highest BCUT2D eigenvalue weighted by Crippen LogP contribution is 2.24. The molecule has 3 rings (SSSR count). The standard InChI is InChI=1S/C21H20ClN3O4/c22-18-14-16(9-10-17(18)21(27)24-12-4-1-5-13-24)23-20(26)11-8-15-6-2-3-7-19(15)25(28)29/h2-3,6-11,14H,1,4-5,12-13H2,(H,23,26)/b11-8+. The van der Waals surface area contributed by atoms with Gasteiger partial charge in [-0.3, -0.25) is 19.7 Å². The zero-order valence-corrected chi connectivity index (χ0v) is 16.4. The van der Waals surface area contributed by atoms with E-state index in [0.29, 0.717) is 16.8 Å². The van der Waals surface area contributed by atoms with Gasteiger partial charge >= 0.3 is 0 Å². The van der Waals surface area contributed by atoms with E-state index in [4.69, 9.17) is 11.6 Å². The minimum Gasteiger partial charge on any atom is -0.339 e. The smallest absolute Gasteiger partial charge is 0.276 e. The van der Waals surface area contributed by atoms with Crippen LogP contribution in [0.1, 0.15) is 35.2 Å². The van der Waals surface area contributed by atoms with E-state index < -0.39 is 10.8 Å². The molecule has 2 amide bonds. The Kier molecular flexibility index (Phi) is 6.61. The molecule has 1 aliphatic rings. The van der Waals surface area contributed by atoms with E-state index in [9.17, 15) is 19.7 Å². The van der Waals surface area contributed by atoms with Crippen molar-refractivity contribution in [1.82, 2.24) is 4.90 Å². The Labute approximate surface area is 173 Å². The first-order valence-electron chi connectivity index (χ1n) is 9.27. The summed E-state index contributed by atoms with van der Waals surface area (Å²) in [6.07, 6.45) is 5.70. The van der Waals surface area contributed by atoms with Gasteiger partial charge in [0, 0.05) is 30.9 Å². The number of benzene rings is 2. The normalized spacial score (nSPS) is 14.0. The van der Waals surface area contributed by atoms with Crippen LogP contribution >= 0.6 is 11.6 Å². The molecule has 1 heterocycles. The Hall–Kier alpha value is -3.19. The molecule has 0 aliphatic carbocycles. The third-order valence-corrected chi connectivity index (χ3v) is 4.97. The quantitative estimate of drug-likeness (QED) is 0.443. The first kappa shape index (κ1) is 20.5. The number of nitrogens with zero attached hydrogens (tertiary/aromatic N) is 2. The monoisotopic (exact) mass is 413 g/mol. The topological polar surface area (TPSA) is 92.5 Å². The van der Waals surface area contributed by atoms with Crippen LogP contribution in [-0.4, -0.2) is 34.7 Å². The van der Waals surface area contributed by atoms with Crippen LogP contribution in [0.25, 0.3) is 6.08 Å². The number of hydrogen-bond donors (Lipinski definition) is 1. The molecule has 0 atom stereocenters. The van der Waals surface area contributed by atoms with Crippen LogP contribution in [0.4, 0.5) is 11.4 Å². The summed E-state index contributed by atoms with van der Waals surface area (Å²) < 4.78 is 0. The van der Waals surface area contributed by atoms with Gasteiger partial charge in [-0.1, -0.05) is 23.7 Å². The van der Waals surface area contributed by atoms with E-state index in [1.54, 1.807) is 35.2 Å². The van der Waals surface area contributed by atoms with Gasteiger partial charge in [-0.15, -0.1) is 0 Å². The van der Waals surface area contributed by atoms with Crippen LogP contribution in [0.15, 0.2) is 48.5 Å². The zero-order chi connectivity index (χ0) is 20.8. The SMILES string of the molecule is O=C(/C=C/c1ccccc1[N+](=O)[O-])Nc1ccc(C(=O)N2CCCCC2)c(Cl)c1. The number of carbonyl (C=O) groups is 2. The van der Waals surface area contributed by atoms with Crippen molar-refractivity contribution in [3.8, 4) is 0 Å². The number of para-hydroxylation sites is 1. The fourth-order valence-corrected chi connectivity index (χ4v) is 3.44. The lowest BCUT2D eigenvalue weighted by Crippen LogP contribution is -2.35. The molecule has 0 spiro atoms. The van der Waals surface area contributed by atoms with Crippen LogP contribution in [0.5, 0.6) is 0 Å². The van der Waals surface area contributed by atoms with Crippen LogP contribution in [-0.2, 0) is 4.79 Å². The summed E-state index contributed by atoms with van der Waals surface area (Å²) in [5.74, 6) is -0.571. The maximum absolute atomic E-state index is 12.6. The average Bonchev–Trinajstić information content (AvgIpc) is 2.72. The third kappa shape index (κ3) is 5.20. The molecule has 1 aliphatic heterocycles. The summed E-state index contributed by atoms with van der Waals surface area (Å²) in [6.45, 7) is 1.45. The largest absolute Gasteiger partial charge is 0.339 e. The molecule has 1 saturated heterocycles. The van der Waals surface area contributed by atoms with Crippen LogP contribution in [0.3, 0.4) is 0 Å². The maximum atomic E-state index is 12.6. The predicted octanol–water partition coefficient (Wildman–Crippen LogP) is 4.53. The van der Waals surface area contributed by atoms with Crippen molar-refractivity contribution in [3.63, 3.8) is 0 Å². The highest BCUT2D eigenvalue weighted by atomic mass is 35.5. The van der Waals surface area contributed by atoms with E-state index in [0.717, 1.165) is 32.4 Å². The van der Waals surface area contributed by atoms with Gasteiger partial charge in [-0.25, -0.2) is 0 Å². The van der Waals surface area contributed by atoms with E-state index >= 15 is 0 Å². The molecule has 0 unspecified atom stereocenters. The summed E-state index contributed by atoms with van der Waals surface area (Å²) in [7, 11) is 0. The molecule has 7 nitrogen and oxygen atoms in total. The highest BCUT2D eigenvalue weighted by Gasteiger charge is 2.20. The van der Waals surface area contributed by atoms with Crippen LogP contribution in [0, 0.1) is 10.1 Å². The number of halogens is 1. The van der Waals surface area contributed by atoms with Crippen molar-refractivity contribution < 1.29 is 14.5 Å². The van der Waals surface area contributed by atoms with Gasteiger partial charge in [0.05, 0.1) is 21.1 Å². The molecule has 0 aromatic heterocycles. The fraction of sp³-hybridized carbons (Fsp3) is 0.238. The number of piperidine rings is 1. The highest BCUT2D eigenvalue weighted by molar-refractivity contribution is 6.34. The number of amides is 2. The second kappa shape index (κ2) is 9.34. The molecule has 0 saturated carbocycles. The fourth-order valence-electron chi connectivity index (χ4n) is 3.18. The van der Waals surface area contributed by atoms with Crippen molar-refractivity contribution in [1.29, 1.82) is 0 Å². The lowest BCUT2D eigenvalue weighted by Gasteiger charge is -2.27. The average molecular weight is 414 g/mol. The molecule has 2 aromatic carbocycles. The number of carbonyl (C=O) groups excluding carboxylic acids is 2. The molecule has 1 N–H and O–H groups in total.